The number of carboxylic acids is 1. The molecular formula is C14H15B2ClO7. The van der Waals surface area contributed by atoms with E-state index in [1.54, 1.807) is 12.1 Å². The smallest absolute Gasteiger partial charge is 0.492 e. The van der Waals surface area contributed by atoms with Crippen LogP contribution in [0.1, 0.15) is 10.4 Å². The van der Waals surface area contributed by atoms with Gasteiger partial charge in [0.05, 0.1) is 12.7 Å². The molecule has 0 unspecified atom stereocenters. The number of carbonyl (C=O) groups is 1. The van der Waals surface area contributed by atoms with Crippen molar-refractivity contribution in [3.05, 3.63) is 53.1 Å². The van der Waals surface area contributed by atoms with Crippen LogP contribution in [0.4, 0.5) is 0 Å². The van der Waals surface area contributed by atoms with Gasteiger partial charge in [-0.15, -0.1) is 0 Å². The highest BCUT2D eigenvalue weighted by Crippen LogP contribution is 2.13. The predicted molar refractivity (Wildman–Crippen MR) is 91.1 cm³/mol. The van der Waals surface area contributed by atoms with Crippen molar-refractivity contribution in [1.82, 2.24) is 0 Å². The number of hydrogen-bond donors (Lipinski definition) is 5. The highest BCUT2D eigenvalue weighted by molar-refractivity contribution is 6.60. The van der Waals surface area contributed by atoms with Crippen LogP contribution in [0, 0.1) is 0 Å². The van der Waals surface area contributed by atoms with Crippen LogP contribution in [0.3, 0.4) is 0 Å². The lowest BCUT2D eigenvalue weighted by Crippen LogP contribution is -2.31. The van der Waals surface area contributed by atoms with E-state index in [2.05, 4.69) is 0 Å². The molecule has 0 aliphatic rings. The summed E-state index contributed by atoms with van der Waals surface area (Å²) in [5.41, 5.74) is 0.671. The van der Waals surface area contributed by atoms with E-state index >= 15 is 0 Å². The zero-order valence-electron chi connectivity index (χ0n) is 12.6. The summed E-state index contributed by atoms with van der Waals surface area (Å²) in [5.74, 6) is -0.622. The Labute approximate surface area is 144 Å². The topological polar surface area (TPSA) is 127 Å². The molecule has 5 N–H and O–H groups in total. The number of hydrogen-bond acceptors (Lipinski definition) is 6. The van der Waals surface area contributed by atoms with Crippen molar-refractivity contribution in [1.29, 1.82) is 0 Å². The van der Waals surface area contributed by atoms with Gasteiger partial charge >= 0.3 is 20.2 Å². The highest BCUT2D eigenvalue weighted by atomic mass is 35.5. The Morgan fingerprint density at radius 2 is 1.58 bits per heavy atom. The lowest BCUT2D eigenvalue weighted by atomic mass is 9.79. The van der Waals surface area contributed by atoms with E-state index in [9.17, 15) is 4.79 Å². The summed E-state index contributed by atoms with van der Waals surface area (Å²) < 4.78 is 4.88. The minimum absolute atomic E-state index is 0.124. The van der Waals surface area contributed by atoms with Gasteiger partial charge in [-0.3, -0.25) is 0 Å². The van der Waals surface area contributed by atoms with Crippen LogP contribution in [0.2, 0.25) is 5.02 Å². The number of aromatic carboxylic acids is 1. The van der Waals surface area contributed by atoms with Crippen LogP contribution in [-0.2, 0) is 0 Å². The average Bonchev–Trinajstić information content (AvgIpc) is 2.55. The van der Waals surface area contributed by atoms with Crippen molar-refractivity contribution in [2.45, 2.75) is 0 Å². The maximum Gasteiger partial charge on any atom is 0.492 e. The SMILES string of the molecule is COc1ccc(Cl)cc1B(O)O.O=C(O)c1ccc(B(O)O)cc1. The molecule has 0 aliphatic carbocycles. The van der Waals surface area contributed by atoms with Crippen molar-refractivity contribution < 1.29 is 34.7 Å². The van der Waals surface area contributed by atoms with E-state index in [0.717, 1.165) is 0 Å². The monoisotopic (exact) mass is 352 g/mol. The standard InChI is InChI=1S/C7H8BClO3.C7H7BO4/c1-12-7-3-2-5(9)4-6(7)8(10)11;9-7(10)5-1-3-6(4-2-5)8(11)12/h2-4,10-11H,1H3;1-4,11-12H,(H,9,10). The normalized spacial score (nSPS) is 9.58. The number of benzene rings is 2. The van der Waals surface area contributed by atoms with Crippen LogP contribution in [0.25, 0.3) is 0 Å². The summed E-state index contributed by atoms with van der Waals surface area (Å²) in [6, 6.07) is 9.99. The molecule has 0 fully saturated rings. The van der Waals surface area contributed by atoms with Gasteiger partial charge in [-0.1, -0.05) is 23.7 Å². The molecule has 0 heterocycles. The first kappa shape index (κ1) is 20.0. The molecule has 2 rings (SSSR count). The fraction of sp³-hybridized carbons (Fsp3) is 0.0714. The Morgan fingerprint density at radius 3 is 2.00 bits per heavy atom. The lowest BCUT2D eigenvalue weighted by Gasteiger charge is -2.06. The third-order valence-corrected chi connectivity index (χ3v) is 3.16. The summed E-state index contributed by atoms with van der Waals surface area (Å²) >= 11 is 5.64. The molecule has 2 aromatic rings. The zero-order valence-corrected chi connectivity index (χ0v) is 13.4. The quantitative estimate of drug-likeness (QED) is 0.451. The van der Waals surface area contributed by atoms with Crippen molar-refractivity contribution >= 4 is 42.7 Å². The van der Waals surface area contributed by atoms with Crippen molar-refractivity contribution in [3.8, 4) is 5.75 Å². The van der Waals surface area contributed by atoms with Gasteiger partial charge in [0.2, 0.25) is 0 Å². The van der Waals surface area contributed by atoms with E-state index in [1.165, 1.54) is 37.4 Å². The third kappa shape index (κ3) is 5.88. The zero-order chi connectivity index (χ0) is 18.3. The van der Waals surface area contributed by atoms with E-state index in [-0.39, 0.29) is 16.5 Å². The van der Waals surface area contributed by atoms with E-state index in [4.69, 9.17) is 41.5 Å². The first-order valence-corrected chi connectivity index (χ1v) is 7.03. The fourth-order valence-electron chi connectivity index (χ4n) is 1.70. The predicted octanol–water partition coefficient (Wildman–Crippen LogP) is -0.907. The van der Waals surface area contributed by atoms with Crippen molar-refractivity contribution in [3.63, 3.8) is 0 Å². The Bertz CT molecular complexity index is 677. The number of halogens is 1. The second-order valence-electron chi connectivity index (χ2n) is 4.56. The molecule has 0 radical (unpaired) electrons. The Hall–Kier alpha value is -2.03. The van der Waals surface area contributed by atoms with Crippen LogP contribution >= 0.6 is 11.6 Å². The minimum Gasteiger partial charge on any atom is -0.497 e. The Balaban J connectivity index is 0.000000240. The molecule has 24 heavy (non-hydrogen) atoms. The molecule has 0 aromatic heterocycles. The van der Waals surface area contributed by atoms with Gasteiger partial charge in [0.25, 0.3) is 0 Å². The van der Waals surface area contributed by atoms with E-state index < -0.39 is 20.2 Å². The highest BCUT2D eigenvalue weighted by Gasteiger charge is 2.16. The van der Waals surface area contributed by atoms with Gasteiger partial charge in [0.15, 0.2) is 0 Å². The fourth-order valence-corrected chi connectivity index (χ4v) is 1.89. The molecule has 0 saturated carbocycles. The number of rotatable bonds is 4. The maximum absolute atomic E-state index is 10.4. The third-order valence-electron chi connectivity index (χ3n) is 2.93. The molecule has 0 atom stereocenters. The Kier molecular flexibility index (Phi) is 7.76. The molecule has 2 aromatic carbocycles. The second-order valence-corrected chi connectivity index (χ2v) is 5.00. The van der Waals surface area contributed by atoms with Gasteiger partial charge in [-0.25, -0.2) is 4.79 Å². The van der Waals surface area contributed by atoms with Crippen LogP contribution in [0.15, 0.2) is 42.5 Å². The van der Waals surface area contributed by atoms with Gasteiger partial charge in [0.1, 0.15) is 5.75 Å². The molecule has 7 nitrogen and oxygen atoms in total. The molecule has 10 heteroatoms. The molecule has 0 amide bonds. The molecular weight excluding hydrogens is 337 g/mol. The van der Waals surface area contributed by atoms with Crippen molar-refractivity contribution in [2.24, 2.45) is 0 Å². The molecule has 126 valence electrons. The molecule has 0 aliphatic heterocycles. The molecule has 0 spiro atoms. The minimum atomic E-state index is -1.56. The summed E-state index contributed by atoms with van der Waals surface area (Å²) in [6.45, 7) is 0. The largest absolute Gasteiger partial charge is 0.497 e. The summed E-state index contributed by atoms with van der Waals surface area (Å²) in [4.78, 5) is 10.4. The molecule has 0 saturated heterocycles. The van der Waals surface area contributed by atoms with Crippen molar-refractivity contribution in [2.75, 3.05) is 7.11 Å². The van der Waals surface area contributed by atoms with Gasteiger partial charge < -0.3 is 29.9 Å². The lowest BCUT2D eigenvalue weighted by molar-refractivity contribution is 0.0697. The van der Waals surface area contributed by atoms with Gasteiger partial charge in [-0.05, 0) is 35.8 Å². The Morgan fingerprint density at radius 1 is 1.00 bits per heavy atom. The summed E-state index contributed by atoms with van der Waals surface area (Å²) in [5, 5.41) is 44.0. The number of carboxylic acid groups (broad SMARTS) is 1. The number of ether oxygens (including phenoxy) is 1. The average molecular weight is 352 g/mol. The molecule has 0 bridgehead atoms. The van der Waals surface area contributed by atoms with Crippen LogP contribution in [-0.4, -0.2) is 52.5 Å². The van der Waals surface area contributed by atoms with Gasteiger partial charge in [-0.2, -0.15) is 0 Å². The first-order valence-electron chi connectivity index (χ1n) is 6.65. The van der Waals surface area contributed by atoms with Gasteiger partial charge in [0, 0.05) is 10.5 Å². The van der Waals surface area contributed by atoms with Crippen LogP contribution < -0.4 is 15.7 Å². The van der Waals surface area contributed by atoms with Crippen LogP contribution in [0.5, 0.6) is 5.75 Å². The summed E-state index contributed by atoms with van der Waals surface area (Å²) in [7, 11) is -1.65. The van der Waals surface area contributed by atoms with E-state index in [1.807, 2.05) is 0 Å². The first-order chi connectivity index (χ1) is 11.3. The van der Waals surface area contributed by atoms with E-state index in [0.29, 0.717) is 10.8 Å². The number of methoxy groups -OCH3 is 1. The second kappa shape index (κ2) is 9.31. The maximum atomic E-state index is 10.4. The summed E-state index contributed by atoms with van der Waals surface area (Å²) in [6.07, 6.45) is 0.